The van der Waals surface area contributed by atoms with Crippen molar-refractivity contribution in [1.82, 2.24) is 15.5 Å². The fourth-order valence-corrected chi connectivity index (χ4v) is 7.68. The van der Waals surface area contributed by atoms with Crippen LogP contribution in [0.3, 0.4) is 0 Å². The third-order valence-corrected chi connectivity index (χ3v) is 11.5. The maximum Gasteiger partial charge on any atom is 0.329 e. The fraction of sp³-hybridized carbons (Fsp3) is 0.278. The van der Waals surface area contributed by atoms with Crippen molar-refractivity contribution >= 4 is 17.8 Å². The molecule has 1 amide bonds. The Morgan fingerprint density at radius 2 is 1.09 bits per heavy atom. The lowest BCUT2D eigenvalue weighted by molar-refractivity contribution is -0.156. The van der Waals surface area contributed by atoms with Gasteiger partial charge < -0.3 is 40.2 Å². The van der Waals surface area contributed by atoms with Crippen LogP contribution in [0.2, 0.25) is 0 Å². The molecule has 70 heavy (non-hydrogen) atoms. The maximum atomic E-state index is 14.6. The van der Waals surface area contributed by atoms with Crippen molar-refractivity contribution in [3.63, 3.8) is 0 Å². The number of hydrogen-bond acceptors (Lipinski definition) is 10. The Bertz CT molecular complexity index is 2670. The molecule has 368 valence electrons. The molecule has 6 rings (SSSR count). The molecule has 6 aromatic rings. The molecule has 0 aliphatic heterocycles. The molecule has 0 aromatic heterocycles. The second kappa shape index (κ2) is 25.5. The summed E-state index contributed by atoms with van der Waals surface area (Å²) >= 11 is 0. The van der Waals surface area contributed by atoms with E-state index in [1.54, 1.807) is 44.3 Å². The zero-order valence-electron chi connectivity index (χ0n) is 39.0. The van der Waals surface area contributed by atoms with Gasteiger partial charge in [0.2, 0.25) is 40.7 Å². The Morgan fingerprint density at radius 1 is 0.614 bits per heavy atom. The van der Waals surface area contributed by atoms with Gasteiger partial charge in [0, 0.05) is 19.4 Å². The first-order valence-corrected chi connectivity index (χ1v) is 22.7. The van der Waals surface area contributed by atoms with Gasteiger partial charge in [-0.25, -0.2) is 22.8 Å². The largest absolute Gasteiger partial charge is 0.489 e. The van der Waals surface area contributed by atoms with E-state index in [0.29, 0.717) is 53.1 Å². The summed E-state index contributed by atoms with van der Waals surface area (Å²) in [5.41, 5.74) is 11.0. The number of halogens is 5. The molecule has 0 heterocycles. The zero-order valence-corrected chi connectivity index (χ0v) is 39.0. The van der Waals surface area contributed by atoms with Crippen molar-refractivity contribution in [2.24, 2.45) is 5.73 Å². The van der Waals surface area contributed by atoms with Crippen LogP contribution in [0.5, 0.6) is 17.2 Å². The van der Waals surface area contributed by atoms with Gasteiger partial charge in [-0.15, -0.1) is 0 Å². The van der Waals surface area contributed by atoms with Crippen molar-refractivity contribution in [1.29, 1.82) is 0 Å². The van der Waals surface area contributed by atoms with E-state index in [2.05, 4.69) is 10.6 Å². The Labute approximate surface area is 403 Å². The number of carbonyl (C=O) groups is 3. The van der Waals surface area contributed by atoms with Crippen LogP contribution in [0.4, 0.5) is 22.0 Å². The number of amides is 1. The summed E-state index contributed by atoms with van der Waals surface area (Å²) in [7, 11) is 3.17. The molecular formula is C54H55F5N4O7. The van der Waals surface area contributed by atoms with Gasteiger partial charge in [0.15, 0.2) is 0 Å². The molecule has 0 fully saturated rings. The summed E-state index contributed by atoms with van der Waals surface area (Å²) in [6.07, 6.45) is 0.707. The highest BCUT2D eigenvalue weighted by Crippen LogP contribution is 2.34. The summed E-state index contributed by atoms with van der Waals surface area (Å²) in [4.78, 5) is 43.4. The van der Waals surface area contributed by atoms with Gasteiger partial charge in [0.25, 0.3) is 0 Å². The summed E-state index contributed by atoms with van der Waals surface area (Å²) in [5.74, 6) is -15.0. The molecule has 0 saturated heterocycles. The number of nitrogens with one attached hydrogen (secondary N) is 2. The van der Waals surface area contributed by atoms with Crippen LogP contribution in [-0.4, -0.2) is 68.1 Å². The van der Waals surface area contributed by atoms with Crippen LogP contribution in [0.25, 0.3) is 11.1 Å². The molecule has 6 aromatic carbocycles. The lowest BCUT2D eigenvalue weighted by atomic mass is 9.94. The molecule has 0 saturated carbocycles. The van der Waals surface area contributed by atoms with Gasteiger partial charge >= 0.3 is 11.9 Å². The van der Waals surface area contributed by atoms with Gasteiger partial charge in [-0.2, -0.15) is 8.78 Å². The Balaban J connectivity index is 1.40. The number of esters is 2. The lowest BCUT2D eigenvalue weighted by Crippen LogP contribution is -2.52. The van der Waals surface area contributed by atoms with E-state index >= 15 is 0 Å². The quantitative estimate of drug-likeness (QED) is 0.0135. The van der Waals surface area contributed by atoms with E-state index in [0.717, 1.165) is 16.7 Å². The Kier molecular flexibility index (Phi) is 19.0. The van der Waals surface area contributed by atoms with E-state index in [-0.39, 0.29) is 39.2 Å². The summed E-state index contributed by atoms with van der Waals surface area (Å²) in [5, 5.41) is 5.77. The number of likely N-dealkylation sites (N-methyl/N-ethyl adjacent to an activating group) is 2. The molecule has 16 heteroatoms. The molecule has 3 atom stereocenters. The maximum absolute atomic E-state index is 14.6. The van der Waals surface area contributed by atoms with E-state index in [1.807, 2.05) is 97.1 Å². The second-order valence-corrected chi connectivity index (χ2v) is 16.3. The van der Waals surface area contributed by atoms with E-state index in [1.165, 1.54) is 11.9 Å². The van der Waals surface area contributed by atoms with Crippen LogP contribution >= 0.6 is 0 Å². The van der Waals surface area contributed by atoms with Gasteiger partial charge in [0.1, 0.15) is 43.4 Å². The SMILES string of the molecule is CCN(C(=O)[C@@H](N)CCCNC)[C@@H](Cc1cc(-c2ccc(OCc3ccccc3)c(C[C@H](NC)C(=O)Oc3c(F)c(F)c(F)c(F)c3F)c2)ccc1OCc1ccccc1)C(=O)OCc1ccccc1. The van der Waals surface area contributed by atoms with Crippen LogP contribution in [0.15, 0.2) is 127 Å². The van der Waals surface area contributed by atoms with Gasteiger partial charge in [-0.1, -0.05) is 103 Å². The van der Waals surface area contributed by atoms with Crippen molar-refractivity contribution in [3.8, 4) is 28.4 Å². The van der Waals surface area contributed by atoms with Crippen LogP contribution < -0.4 is 30.6 Å². The normalized spacial score (nSPS) is 12.4. The number of nitrogens with zero attached hydrogens (tertiary/aromatic N) is 1. The van der Waals surface area contributed by atoms with Crippen molar-refractivity contribution in [3.05, 3.63) is 184 Å². The fourth-order valence-electron chi connectivity index (χ4n) is 7.68. The molecule has 0 radical (unpaired) electrons. The van der Waals surface area contributed by atoms with Gasteiger partial charge in [-0.3, -0.25) is 4.79 Å². The molecule has 0 aliphatic rings. The average Bonchev–Trinajstić information content (AvgIpc) is 3.39. The highest BCUT2D eigenvalue weighted by atomic mass is 19.2. The third-order valence-electron chi connectivity index (χ3n) is 11.5. The molecule has 11 nitrogen and oxygen atoms in total. The third kappa shape index (κ3) is 13.6. The predicted molar refractivity (Wildman–Crippen MR) is 254 cm³/mol. The van der Waals surface area contributed by atoms with E-state index < -0.39 is 70.8 Å². The van der Waals surface area contributed by atoms with E-state index in [4.69, 9.17) is 24.7 Å². The van der Waals surface area contributed by atoms with Crippen LogP contribution in [-0.2, 0) is 51.8 Å². The predicted octanol–water partition coefficient (Wildman–Crippen LogP) is 8.77. The van der Waals surface area contributed by atoms with Gasteiger partial charge in [-0.05, 0) is 104 Å². The van der Waals surface area contributed by atoms with Crippen molar-refractivity contribution < 1.29 is 55.3 Å². The smallest absolute Gasteiger partial charge is 0.329 e. The topological polar surface area (TPSA) is 141 Å². The molecule has 0 aliphatic carbocycles. The molecule has 0 spiro atoms. The first-order valence-electron chi connectivity index (χ1n) is 22.7. The highest BCUT2D eigenvalue weighted by Gasteiger charge is 2.35. The first-order chi connectivity index (χ1) is 33.8. The summed E-state index contributed by atoms with van der Waals surface area (Å²) in [6.45, 7) is 2.78. The molecule has 0 bridgehead atoms. The summed E-state index contributed by atoms with van der Waals surface area (Å²) in [6, 6.07) is 34.9. The van der Waals surface area contributed by atoms with Crippen LogP contribution in [0, 0.1) is 29.1 Å². The van der Waals surface area contributed by atoms with Gasteiger partial charge in [0.05, 0.1) is 6.04 Å². The Morgan fingerprint density at radius 3 is 1.56 bits per heavy atom. The van der Waals surface area contributed by atoms with Crippen molar-refractivity contribution in [2.75, 3.05) is 27.2 Å². The second-order valence-electron chi connectivity index (χ2n) is 16.3. The Hall–Kier alpha value is -7.14. The molecular weight excluding hydrogens is 912 g/mol. The summed E-state index contributed by atoms with van der Waals surface area (Å²) < 4.78 is 94.7. The average molecular weight is 967 g/mol. The number of benzene rings is 6. The minimum atomic E-state index is -2.40. The van der Waals surface area contributed by atoms with Crippen molar-refractivity contribution in [2.45, 2.75) is 70.6 Å². The molecule has 4 N–H and O–H groups in total. The first kappa shape index (κ1) is 52.2. The number of ether oxygens (including phenoxy) is 4. The van der Waals surface area contributed by atoms with Crippen LogP contribution in [0.1, 0.15) is 47.6 Å². The number of hydrogen-bond donors (Lipinski definition) is 3. The minimum Gasteiger partial charge on any atom is -0.489 e. The standard InChI is InChI=1S/C54H55F5N4O7/c1-4-63(52(64)41(60)21-14-26-61-2)43(54(66)69-33-36-19-12-7-13-20-36)30-40-28-38(23-25-45(40)68-32-35-17-10-6-11-18-35)37-22-24-44(67-31-34-15-8-5-9-16-34)39(27-37)29-42(62-3)53(65)70-51-49(58)47(56)46(55)48(57)50(51)59/h5-13,15-20,22-25,27-28,41-43,61-62H,4,14,21,26,29-33,60H2,1-3H3/t41-,42-,43-/m0/s1. The zero-order chi connectivity index (χ0) is 50.2. The van der Waals surface area contributed by atoms with E-state index in [9.17, 15) is 36.3 Å². The number of rotatable bonds is 24. The lowest BCUT2D eigenvalue weighted by Gasteiger charge is -2.32. The molecule has 0 unspecified atom stereocenters. The monoisotopic (exact) mass is 966 g/mol. The number of nitrogens with two attached hydrogens (primary N) is 1. The minimum absolute atomic E-state index is 0.0439. The number of carbonyl (C=O) groups excluding carboxylic acids is 3. The highest BCUT2D eigenvalue weighted by molar-refractivity contribution is 5.88.